The fourth-order valence-corrected chi connectivity index (χ4v) is 4.82. The van der Waals surface area contributed by atoms with Crippen LogP contribution in [0.25, 0.3) is 10.9 Å². The molecule has 11 nitrogen and oxygen atoms in total. The highest BCUT2D eigenvalue weighted by Crippen LogP contribution is 2.38. The third-order valence-corrected chi connectivity index (χ3v) is 7.26. The van der Waals surface area contributed by atoms with Crippen LogP contribution < -0.4 is 24.4 Å². The van der Waals surface area contributed by atoms with E-state index in [1.807, 2.05) is 18.2 Å². The number of methoxy groups -OCH3 is 2. The predicted octanol–water partition coefficient (Wildman–Crippen LogP) is 5.47. The second kappa shape index (κ2) is 12.7. The fourth-order valence-electron chi connectivity index (χ4n) is 4.69. The Kier molecular flexibility index (Phi) is 8.79. The van der Waals surface area contributed by atoms with Gasteiger partial charge in [-0.1, -0.05) is 11.6 Å². The van der Waals surface area contributed by atoms with Crippen molar-refractivity contribution in [2.75, 3.05) is 64.3 Å². The molecular formula is C30H33ClN6O5. The Hall–Kier alpha value is -4.35. The molecule has 3 heterocycles. The molecule has 1 aliphatic heterocycles. The van der Waals surface area contributed by atoms with Crippen molar-refractivity contribution in [3.63, 3.8) is 0 Å². The van der Waals surface area contributed by atoms with Gasteiger partial charge < -0.3 is 34.1 Å². The van der Waals surface area contributed by atoms with E-state index in [9.17, 15) is 4.79 Å². The van der Waals surface area contributed by atoms with Crippen LogP contribution in [0.3, 0.4) is 0 Å². The SMILES string of the molecule is CCOC(=O)c1cc2cc(OC)c(Oc3nc(Nc4ccc(N5CCN(C)CC5)cc4OC)ncc3Cl)cc2nc1C. The summed E-state index contributed by atoms with van der Waals surface area (Å²) in [7, 11) is 5.28. The third kappa shape index (κ3) is 6.27. The summed E-state index contributed by atoms with van der Waals surface area (Å²) in [6.07, 6.45) is 1.46. The molecule has 2 aromatic carbocycles. The number of ether oxygens (including phenoxy) is 4. The largest absolute Gasteiger partial charge is 0.494 e. The number of esters is 1. The van der Waals surface area contributed by atoms with Gasteiger partial charge in [0.25, 0.3) is 0 Å². The molecule has 0 aliphatic carbocycles. The zero-order chi connectivity index (χ0) is 29.8. The lowest BCUT2D eigenvalue weighted by Crippen LogP contribution is -2.44. The Balaban J connectivity index is 1.40. The molecule has 0 amide bonds. The molecule has 0 bridgehead atoms. The maximum atomic E-state index is 12.3. The number of hydrogen-bond donors (Lipinski definition) is 1. The summed E-state index contributed by atoms with van der Waals surface area (Å²) in [6.45, 7) is 7.71. The number of nitrogens with zero attached hydrogens (tertiary/aromatic N) is 5. The topological polar surface area (TPSA) is 111 Å². The summed E-state index contributed by atoms with van der Waals surface area (Å²) in [5, 5.41) is 4.11. The Morgan fingerprint density at radius 1 is 1.00 bits per heavy atom. The molecule has 0 radical (unpaired) electrons. The molecule has 220 valence electrons. The number of carbonyl (C=O) groups is 1. The van der Waals surface area contributed by atoms with Gasteiger partial charge in [-0.3, -0.25) is 4.98 Å². The lowest BCUT2D eigenvalue weighted by Gasteiger charge is -2.34. The van der Waals surface area contributed by atoms with Gasteiger partial charge in [0.15, 0.2) is 11.5 Å². The number of piperazine rings is 1. The van der Waals surface area contributed by atoms with Crippen LogP contribution in [0.1, 0.15) is 23.0 Å². The standard InChI is InChI=1S/C30H33ClN6O5/c1-6-41-29(38)21-13-19-14-26(40-5)27(16-24(19)33-18(21)2)42-28-22(31)17-32-30(35-28)34-23-8-7-20(15-25(23)39-4)37-11-9-36(3)10-12-37/h7-8,13-17H,6,9-12H2,1-5H3,(H,32,34,35). The van der Waals surface area contributed by atoms with Crippen molar-refractivity contribution in [3.8, 4) is 23.1 Å². The monoisotopic (exact) mass is 592 g/mol. The van der Waals surface area contributed by atoms with Gasteiger partial charge in [0.2, 0.25) is 11.8 Å². The van der Waals surface area contributed by atoms with E-state index >= 15 is 0 Å². The van der Waals surface area contributed by atoms with Gasteiger partial charge in [-0.05, 0) is 45.2 Å². The minimum Gasteiger partial charge on any atom is -0.494 e. The minimum absolute atomic E-state index is 0.125. The molecule has 0 spiro atoms. The minimum atomic E-state index is -0.429. The van der Waals surface area contributed by atoms with Crippen molar-refractivity contribution in [2.45, 2.75) is 13.8 Å². The number of rotatable bonds is 9. The van der Waals surface area contributed by atoms with Crippen LogP contribution in [-0.4, -0.2) is 79.9 Å². The van der Waals surface area contributed by atoms with Crippen molar-refractivity contribution >= 4 is 45.8 Å². The molecule has 1 N–H and O–H groups in total. The van der Waals surface area contributed by atoms with Crippen LogP contribution in [0.4, 0.5) is 17.3 Å². The molecule has 1 fully saturated rings. The lowest BCUT2D eigenvalue weighted by molar-refractivity contribution is 0.0525. The number of aromatic nitrogens is 3. The highest BCUT2D eigenvalue weighted by atomic mass is 35.5. The van der Waals surface area contributed by atoms with Gasteiger partial charge >= 0.3 is 5.97 Å². The summed E-state index contributed by atoms with van der Waals surface area (Å²) >= 11 is 6.43. The predicted molar refractivity (Wildman–Crippen MR) is 162 cm³/mol. The van der Waals surface area contributed by atoms with E-state index in [0.717, 1.165) is 31.9 Å². The van der Waals surface area contributed by atoms with Gasteiger partial charge in [0.05, 0.1) is 49.5 Å². The molecule has 0 unspecified atom stereocenters. The Bertz CT molecular complexity index is 1610. The van der Waals surface area contributed by atoms with Crippen LogP contribution in [0.15, 0.2) is 42.6 Å². The first-order valence-electron chi connectivity index (χ1n) is 13.5. The zero-order valence-electron chi connectivity index (χ0n) is 24.2. The van der Waals surface area contributed by atoms with Gasteiger partial charge in [0, 0.05) is 49.4 Å². The van der Waals surface area contributed by atoms with E-state index < -0.39 is 5.97 Å². The number of likely N-dealkylation sites (N-methyl/N-ethyl adjacent to an activating group) is 1. The molecule has 42 heavy (non-hydrogen) atoms. The van der Waals surface area contributed by atoms with Crippen molar-refractivity contribution < 1.29 is 23.7 Å². The first kappa shape index (κ1) is 29.2. The van der Waals surface area contributed by atoms with Gasteiger partial charge in [-0.2, -0.15) is 4.98 Å². The van der Waals surface area contributed by atoms with Gasteiger partial charge in [0.1, 0.15) is 10.8 Å². The number of nitrogens with one attached hydrogen (secondary N) is 1. The maximum Gasteiger partial charge on any atom is 0.339 e. The summed E-state index contributed by atoms with van der Waals surface area (Å²) in [5.74, 6) is 1.39. The van der Waals surface area contributed by atoms with Crippen molar-refractivity contribution in [3.05, 3.63) is 58.9 Å². The van der Waals surface area contributed by atoms with E-state index in [0.29, 0.717) is 45.1 Å². The van der Waals surface area contributed by atoms with Crippen molar-refractivity contribution in [2.24, 2.45) is 0 Å². The summed E-state index contributed by atoms with van der Waals surface area (Å²) in [6, 6.07) is 11.2. The fraction of sp³-hybridized carbons (Fsp3) is 0.333. The molecular weight excluding hydrogens is 560 g/mol. The molecule has 1 saturated heterocycles. The van der Waals surface area contributed by atoms with E-state index in [2.05, 4.69) is 37.1 Å². The quantitative estimate of drug-likeness (QED) is 0.250. The van der Waals surface area contributed by atoms with E-state index in [-0.39, 0.29) is 23.5 Å². The molecule has 5 rings (SSSR count). The number of fused-ring (bicyclic) bond motifs is 1. The van der Waals surface area contributed by atoms with Gasteiger partial charge in [-0.25, -0.2) is 9.78 Å². The molecule has 12 heteroatoms. The van der Waals surface area contributed by atoms with Crippen LogP contribution in [0.5, 0.6) is 23.1 Å². The highest BCUT2D eigenvalue weighted by molar-refractivity contribution is 6.31. The van der Waals surface area contributed by atoms with Crippen LogP contribution in [-0.2, 0) is 4.74 Å². The smallest absolute Gasteiger partial charge is 0.339 e. The number of halogens is 1. The number of benzene rings is 2. The lowest BCUT2D eigenvalue weighted by atomic mass is 10.1. The highest BCUT2D eigenvalue weighted by Gasteiger charge is 2.19. The number of carbonyl (C=O) groups excluding carboxylic acids is 1. The number of hydrogen-bond acceptors (Lipinski definition) is 11. The van der Waals surface area contributed by atoms with E-state index in [4.69, 9.17) is 30.5 Å². The molecule has 4 aromatic rings. The van der Waals surface area contributed by atoms with E-state index in [1.165, 1.54) is 13.3 Å². The van der Waals surface area contributed by atoms with Gasteiger partial charge in [-0.15, -0.1) is 0 Å². The summed E-state index contributed by atoms with van der Waals surface area (Å²) in [4.78, 5) is 30.4. The molecule has 0 atom stereocenters. The zero-order valence-corrected chi connectivity index (χ0v) is 25.0. The van der Waals surface area contributed by atoms with Crippen molar-refractivity contribution in [1.29, 1.82) is 0 Å². The number of anilines is 3. The Morgan fingerprint density at radius 3 is 2.48 bits per heavy atom. The summed E-state index contributed by atoms with van der Waals surface area (Å²) < 4.78 is 22.5. The first-order chi connectivity index (χ1) is 20.3. The Labute approximate surface area is 249 Å². The molecule has 2 aromatic heterocycles. The third-order valence-electron chi connectivity index (χ3n) is 7.00. The number of pyridine rings is 1. The van der Waals surface area contributed by atoms with Crippen molar-refractivity contribution in [1.82, 2.24) is 19.9 Å². The normalized spacial score (nSPS) is 13.6. The van der Waals surface area contributed by atoms with Crippen LogP contribution in [0.2, 0.25) is 5.02 Å². The van der Waals surface area contributed by atoms with Crippen LogP contribution in [0, 0.1) is 6.92 Å². The molecule has 0 saturated carbocycles. The first-order valence-corrected chi connectivity index (χ1v) is 13.9. The maximum absolute atomic E-state index is 12.3. The second-order valence-electron chi connectivity index (χ2n) is 9.79. The molecule has 1 aliphatic rings. The van der Waals surface area contributed by atoms with E-state index in [1.54, 1.807) is 39.2 Å². The average molecular weight is 593 g/mol. The van der Waals surface area contributed by atoms with Crippen LogP contribution >= 0.6 is 11.6 Å². The average Bonchev–Trinajstić information content (AvgIpc) is 2.99. The summed E-state index contributed by atoms with van der Waals surface area (Å²) in [5.41, 5.74) is 3.32. The Morgan fingerprint density at radius 2 is 1.76 bits per heavy atom. The number of aryl methyl sites for hydroxylation is 1. The second-order valence-corrected chi connectivity index (χ2v) is 10.2.